The number of carbonyl (C=O) groups excluding carboxylic acids is 8. The fourth-order valence-electron chi connectivity index (χ4n) is 8.55. The lowest BCUT2D eigenvalue weighted by molar-refractivity contribution is -0.143. The number of aliphatic imine (C=N–C) groups is 1. The zero-order chi connectivity index (χ0) is 53.8. The minimum absolute atomic E-state index is 0.00442. The second kappa shape index (κ2) is 28.7. The SMILES string of the molecule is CC[C@H](C)[C@@H]1NC(=O)[C@@H](Cc2ccc(O)cc2)NC(=O)[C@H](C(C)C)NC(=O)[C@@H](CCCN=C(N)N)NC(=O)[C@H](CCCCN)NC(=O)[C@@H](CCC(=O)O)NC(=O)[C@@H]2CCCN2C(=O)[C@@H](Cc2cnc[nH]2)NC1=O. The first-order valence-electron chi connectivity index (χ1n) is 24.9. The number of benzene rings is 1. The number of nitrogens with one attached hydrogen (secondary N) is 8. The summed E-state index contributed by atoms with van der Waals surface area (Å²) < 4.78 is 0. The normalized spacial score (nSPS) is 24.7. The van der Waals surface area contributed by atoms with Gasteiger partial charge in [0.25, 0.3) is 0 Å². The van der Waals surface area contributed by atoms with Crippen LogP contribution in [0.2, 0.25) is 0 Å². The van der Waals surface area contributed by atoms with E-state index in [2.05, 4.69) is 52.2 Å². The molecule has 0 bridgehead atoms. The maximum atomic E-state index is 14.7. The molecule has 0 unspecified atom stereocenters. The van der Waals surface area contributed by atoms with Gasteiger partial charge in [-0.15, -0.1) is 0 Å². The van der Waals surface area contributed by atoms with E-state index in [1.54, 1.807) is 39.8 Å². The first kappa shape index (κ1) is 58.3. The number of unbranched alkanes of at least 4 members (excludes halogenated alkanes) is 1. The van der Waals surface area contributed by atoms with Crippen LogP contribution in [-0.2, 0) is 56.0 Å². The van der Waals surface area contributed by atoms with Crippen molar-refractivity contribution < 1.29 is 53.4 Å². The van der Waals surface area contributed by atoms with Crippen molar-refractivity contribution in [2.75, 3.05) is 19.6 Å². The average molecular weight is 1020 g/mol. The quantitative estimate of drug-likeness (QED) is 0.0439. The first-order chi connectivity index (χ1) is 34.7. The molecule has 1 aromatic carbocycles. The maximum absolute atomic E-state index is 14.7. The molecule has 2 aliphatic rings. The number of phenols is 1. The number of nitrogens with zero attached hydrogens (tertiary/aromatic N) is 3. The molecule has 3 heterocycles. The number of aromatic hydroxyl groups is 1. The molecule has 8 amide bonds. The number of amides is 8. The van der Waals surface area contributed by atoms with Crippen LogP contribution in [0.1, 0.15) is 103 Å². The van der Waals surface area contributed by atoms with Crippen LogP contribution in [0.4, 0.5) is 0 Å². The molecule has 2 saturated heterocycles. The van der Waals surface area contributed by atoms with Gasteiger partial charge in [0.15, 0.2) is 5.96 Å². The van der Waals surface area contributed by atoms with Gasteiger partial charge in [0.2, 0.25) is 47.3 Å². The zero-order valence-corrected chi connectivity index (χ0v) is 42.0. The third kappa shape index (κ3) is 18.0. The van der Waals surface area contributed by atoms with Crippen molar-refractivity contribution in [3.8, 4) is 5.75 Å². The number of fused-ring (bicyclic) bond motifs is 1. The number of H-pyrrole nitrogens is 1. The number of imidazole rings is 1. The van der Waals surface area contributed by atoms with Crippen molar-refractivity contribution in [2.45, 2.75) is 153 Å². The van der Waals surface area contributed by atoms with Crippen LogP contribution in [0.15, 0.2) is 41.8 Å². The Labute approximate surface area is 424 Å². The van der Waals surface area contributed by atoms with Crippen LogP contribution < -0.4 is 54.4 Å². The van der Waals surface area contributed by atoms with Crippen molar-refractivity contribution in [1.82, 2.24) is 52.1 Å². The molecule has 25 heteroatoms. The summed E-state index contributed by atoms with van der Waals surface area (Å²) >= 11 is 0. The van der Waals surface area contributed by atoms with Gasteiger partial charge in [-0.3, -0.25) is 48.1 Å². The monoisotopic (exact) mass is 1020 g/mol. The van der Waals surface area contributed by atoms with Gasteiger partial charge in [-0.1, -0.05) is 46.2 Å². The van der Waals surface area contributed by atoms with E-state index in [0.29, 0.717) is 36.9 Å². The first-order valence-corrected chi connectivity index (χ1v) is 24.9. The Morgan fingerprint density at radius 3 is 1.88 bits per heavy atom. The molecule has 73 heavy (non-hydrogen) atoms. The number of aliphatic carboxylic acids is 1. The van der Waals surface area contributed by atoms with Crippen molar-refractivity contribution in [3.63, 3.8) is 0 Å². The lowest BCUT2D eigenvalue weighted by Gasteiger charge is -2.32. The summed E-state index contributed by atoms with van der Waals surface area (Å²) in [6, 6.07) is -4.79. The Balaban J connectivity index is 1.85. The number of carboxylic acid groups (broad SMARTS) is 1. The number of aromatic nitrogens is 2. The van der Waals surface area contributed by atoms with E-state index in [9.17, 15) is 53.4 Å². The molecular weight excluding hydrogens is 949 g/mol. The third-order valence-corrected chi connectivity index (χ3v) is 12.9. The largest absolute Gasteiger partial charge is 0.508 e. The van der Waals surface area contributed by atoms with Crippen molar-refractivity contribution in [2.24, 2.45) is 34.0 Å². The molecule has 9 atom stereocenters. The van der Waals surface area contributed by atoms with Crippen LogP contribution in [0, 0.1) is 11.8 Å². The Bertz CT molecular complexity index is 2240. The van der Waals surface area contributed by atoms with Gasteiger partial charge < -0.3 is 74.5 Å². The Kier molecular flexibility index (Phi) is 22.9. The molecule has 0 aliphatic carbocycles. The molecule has 402 valence electrons. The predicted molar refractivity (Wildman–Crippen MR) is 266 cm³/mol. The van der Waals surface area contributed by atoms with E-state index >= 15 is 0 Å². The number of phenolic OH excluding ortho intramolecular Hbond substituents is 1. The van der Waals surface area contributed by atoms with Crippen molar-refractivity contribution >= 4 is 59.2 Å². The van der Waals surface area contributed by atoms with Gasteiger partial charge in [-0.25, -0.2) is 4.98 Å². The Morgan fingerprint density at radius 2 is 1.29 bits per heavy atom. The molecular formula is C48H74N14O11. The molecule has 16 N–H and O–H groups in total. The zero-order valence-electron chi connectivity index (χ0n) is 42.0. The fraction of sp³-hybridized carbons (Fsp3) is 0.604. The molecule has 0 spiro atoms. The van der Waals surface area contributed by atoms with Crippen LogP contribution >= 0.6 is 0 Å². The van der Waals surface area contributed by atoms with Crippen molar-refractivity contribution in [3.05, 3.63) is 48.0 Å². The molecule has 0 radical (unpaired) electrons. The van der Waals surface area contributed by atoms with Crippen LogP contribution in [0.25, 0.3) is 0 Å². The minimum atomic E-state index is -1.52. The van der Waals surface area contributed by atoms with E-state index in [-0.39, 0.29) is 69.9 Å². The highest BCUT2D eigenvalue weighted by molar-refractivity contribution is 5.99. The van der Waals surface area contributed by atoms with Crippen LogP contribution in [0.3, 0.4) is 0 Å². The van der Waals surface area contributed by atoms with E-state index in [1.165, 1.54) is 29.6 Å². The summed E-state index contributed by atoms with van der Waals surface area (Å²) in [5, 5.41) is 38.7. The summed E-state index contributed by atoms with van der Waals surface area (Å²) in [6.45, 7) is 7.18. The highest BCUT2D eigenvalue weighted by atomic mass is 16.4. The van der Waals surface area contributed by atoms with Gasteiger partial charge in [-0.2, -0.15) is 0 Å². The number of guanidine groups is 1. The average Bonchev–Trinajstić information content (AvgIpc) is 4.06. The molecule has 2 fully saturated rings. The number of hydrogen-bond donors (Lipinski definition) is 13. The van der Waals surface area contributed by atoms with Gasteiger partial charge in [0, 0.05) is 44.2 Å². The molecule has 4 rings (SSSR count). The summed E-state index contributed by atoms with van der Waals surface area (Å²) in [5.74, 6) is -9.04. The third-order valence-electron chi connectivity index (χ3n) is 12.9. The van der Waals surface area contributed by atoms with Crippen LogP contribution in [0.5, 0.6) is 5.75 Å². The summed E-state index contributed by atoms with van der Waals surface area (Å²) in [6.07, 6.45) is 3.34. The number of hydrogen-bond acceptors (Lipinski definition) is 13. The lowest BCUT2D eigenvalue weighted by Crippen LogP contribution is -2.62. The lowest BCUT2D eigenvalue weighted by atomic mass is 9.96. The molecule has 0 saturated carbocycles. The van der Waals surface area contributed by atoms with E-state index in [1.807, 2.05) is 0 Å². The van der Waals surface area contributed by atoms with Gasteiger partial charge in [-0.05, 0) is 87.4 Å². The molecule has 1 aromatic heterocycles. The van der Waals surface area contributed by atoms with E-state index in [0.717, 1.165) is 0 Å². The van der Waals surface area contributed by atoms with Gasteiger partial charge in [0.1, 0.15) is 54.1 Å². The number of nitrogens with two attached hydrogens (primary N) is 3. The topological polar surface area (TPSA) is 401 Å². The second-order valence-corrected chi connectivity index (χ2v) is 18.9. The number of aromatic amines is 1. The van der Waals surface area contributed by atoms with Crippen LogP contribution in [-0.4, -0.2) is 152 Å². The Morgan fingerprint density at radius 1 is 0.726 bits per heavy atom. The summed E-state index contributed by atoms with van der Waals surface area (Å²) in [4.78, 5) is 139. The fourth-order valence-corrected chi connectivity index (χ4v) is 8.55. The number of carbonyl (C=O) groups is 9. The summed E-state index contributed by atoms with van der Waals surface area (Å²) in [5.41, 5.74) is 17.8. The molecule has 25 nitrogen and oxygen atoms in total. The highest BCUT2D eigenvalue weighted by Gasteiger charge is 2.41. The summed E-state index contributed by atoms with van der Waals surface area (Å²) in [7, 11) is 0. The van der Waals surface area contributed by atoms with Crippen molar-refractivity contribution in [1.29, 1.82) is 0 Å². The maximum Gasteiger partial charge on any atom is 0.303 e. The second-order valence-electron chi connectivity index (χ2n) is 18.9. The standard InChI is InChI=1S/C48H74N14O11/c1-5-27(4)39-46(72)59-35(23-29-24-52-25-54-29)47(73)62-21-9-12-36(62)44(70)57-33(17-18-37(64)65)41(67)55-31(10-6-7-19-49)40(66)56-32(11-8-20-53-48(50)51)42(68)60-38(26(2)3)45(71)58-34(43(69)61-39)22-28-13-15-30(63)16-14-28/h13-16,24-27,31-36,38-39,63H,5-12,17-23,49H2,1-4H3,(H,52,54)(H,55,67)(H,56,66)(H,57,70)(H,58,71)(H,59,72)(H,60,68)(H,61,69)(H,64,65)(H4,50,51,53)/t27-,31-,32+,33+,34+,35+,36-,38-,39-/m0/s1. The Hall–Kier alpha value is -7.31. The predicted octanol–water partition coefficient (Wildman–Crippen LogP) is -1.95. The smallest absolute Gasteiger partial charge is 0.303 e. The van der Waals surface area contributed by atoms with Gasteiger partial charge in [0.05, 0.1) is 6.33 Å². The highest BCUT2D eigenvalue weighted by Crippen LogP contribution is 2.22. The van der Waals surface area contributed by atoms with Gasteiger partial charge >= 0.3 is 5.97 Å². The minimum Gasteiger partial charge on any atom is -0.508 e. The molecule has 2 aliphatic heterocycles. The number of carboxylic acids is 1. The van der Waals surface area contributed by atoms with E-state index < -0.39 is 126 Å². The number of rotatable bonds is 18. The molecule has 2 aromatic rings. The van der Waals surface area contributed by atoms with E-state index in [4.69, 9.17) is 17.2 Å².